The summed E-state index contributed by atoms with van der Waals surface area (Å²) in [6.07, 6.45) is 0.297. The number of amides is 1. The number of para-hydroxylation sites is 1. The molecule has 0 N–H and O–H groups in total. The van der Waals surface area contributed by atoms with Crippen molar-refractivity contribution in [3.63, 3.8) is 0 Å². The van der Waals surface area contributed by atoms with E-state index in [9.17, 15) is 9.18 Å². The Morgan fingerprint density at radius 3 is 2.81 bits per heavy atom. The van der Waals surface area contributed by atoms with Gasteiger partial charge >= 0.3 is 0 Å². The van der Waals surface area contributed by atoms with Crippen molar-refractivity contribution in [1.29, 1.82) is 0 Å². The zero-order chi connectivity index (χ0) is 18.8. The van der Waals surface area contributed by atoms with Crippen molar-refractivity contribution >= 4 is 5.91 Å². The van der Waals surface area contributed by atoms with Gasteiger partial charge in [0, 0.05) is 31.0 Å². The van der Waals surface area contributed by atoms with E-state index in [-0.39, 0.29) is 23.3 Å². The largest absolute Gasteiger partial charge is 0.496 e. The molecule has 138 valence electrons. The molecule has 1 saturated heterocycles. The summed E-state index contributed by atoms with van der Waals surface area (Å²) in [6, 6.07) is 13.8. The molecular formula is C20H18FN3O3. The summed E-state index contributed by atoms with van der Waals surface area (Å²) in [5.41, 5.74) is 1.20. The lowest BCUT2D eigenvalue weighted by Crippen LogP contribution is -2.24. The summed E-state index contributed by atoms with van der Waals surface area (Å²) >= 11 is 0. The standard InChI is InChI=1S/C20H18FN3O3/c1-26-17-9-5-2-6-13(17)11-24-12-14(10-18(24)25)19-22-20(27-23-19)15-7-3-4-8-16(15)21/h2-9,14H,10-12H2,1H3. The molecule has 0 saturated carbocycles. The Hall–Kier alpha value is -3.22. The van der Waals surface area contributed by atoms with Gasteiger partial charge in [-0.2, -0.15) is 4.98 Å². The molecule has 0 aliphatic carbocycles. The highest BCUT2D eigenvalue weighted by Crippen LogP contribution is 2.31. The van der Waals surface area contributed by atoms with Crippen molar-refractivity contribution < 1.29 is 18.4 Å². The first-order valence-corrected chi connectivity index (χ1v) is 8.64. The zero-order valence-corrected chi connectivity index (χ0v) is 14.8. The van der Waals surface area contributed by atoms with E-state index in [1.165, 1.54) is 6.07 Å². The number of halogens is 1. The maximum atomic E-state index is 13.9. The fourth-order valence-electron chi connectivity index (χ4n) is 3.28. The Bertz CT molecular complexity index is 972. The number of rotatable bonds is 5. The van der Waals surface area contributed by atoms with E-state index in [1.807, 2.05) is 24.3 Å². The molecule has 2 aromatic carbocycles. The highest BCUT2D eigenvalue weighted by Gasteiger charge is 2.34. The lowest BCUT2D eigenvalue weighted by Gasteiger charge is -2.17. The average molecular weight is 367 g/mol. The number of likely N-dealkylation sites (tertiary alicyclic amines) is 1. The van der Waals surface area contributed by atoms with Crippen molar-refractivity contribution in [3.05, 3.63) is 65.7 Å². The lowest BCUT2D eigenvalue weighted by molar-refractivity contribution is -0.128. The first-order chi connectivity index (χ1) is 13.2. The normalized spacial score (nSPS) is 16.7. The SMILES string of the molecule is COc1ccccc1CN1CC(c2noc(-c3ccccc3F)n2)CC1=O. The third kappa shape index (κ3) is 3.40. The molecule has 1 atom stereocenters. The molecule has 4 rings (SSSR count). The van der Waals surface area contributed by atoms with E-state index in [1.54, 1.807) is 30.2 Å². The van der Waals surface area contributed by atoms with Gasteiger partial charge < -0.3 is 14.2 Å². The summed E-state index contributed by atoms with van der Waals surface area (Å²) in [5.74, 6) is 0.700. The van der Waals surface area contributed by atoms with Crippen molar-refractivity contribution in [3.8, 4) is 17.2 Å². The van der Waals surface area contributed by atoms with Crippen molar-refractivity contribution in [2.45, 2.75) is 18.9 Å². The molecule has 3 aromatic rings. The van der Waals surface area contributed by atoms with Crippen LogP contribution >= 0.6 is 0 Å². The second-order valence-corrected chi connectivity index (χ2v) is 6.42. The first kappa shape index (κ1) is 17.2. The Balaban J connectivity index is 1.51. The molecule has 1 aliphatic rings. The van der Waals surface area contributed by atoms with Gasteiger partial charge in [0.05, 0.1) is 12.7 Å². The monoisotopic (exact) mass is 367 g/mol. The minimum Gasteiger partial charge on any atom is -0.496 e. The quantitative estimate of drug-likeness (QED) is 0.691. The van der Waals surface area contributed by atoms with Crippen LogP contribution in [0.5, 0.6) is 5.75 Å². The van der Waals surface area contributed by atoms with Gasteiger partial charge in [0.2, 0.25) is 5.91 Å². The van der Waals surface area contributed by atoms with Crippen molar-refractivity contribution in [2.24, 2.45) is 0 Å². The number of hydrogen-bond donors (Lipinski definition) is 0. The van der Waals surface area contributed by atoms with Crippen LogP contribution in [0.1, 0.15) is 23.7 Å². The topological polar surface area (TPSA) is 68.5 Å². The molecule has 0 spiro atoms. The molecule has 1 aromatic heterocycles. The Morgan fingerprint density at radius 2 is 2.00 bits per heavy atom. The van der Waals surface area contributed by atoms with Crippen LogP contribution in [0.15, 0.2) is 53.1 Å². The zero-order valence-electron chi connectivity index (χ0n) is 14.8. The number of nitrogens with zero attached hydrogens (tertiary/aromatic N) is 3. The molecular weight excluding hydrogens is 349 g/mol. The summed E-state index contributed by atoms with van der Waals surface area (Å²) in [7, 11) is 1.61. The smallest absolute Gasteiger partial charge is 0.260 e. The Labute approximate surface area is 155 Å². The van der Waals surface area contributed by atoms with E-state index < -0.39 is 5.82 Å². The van der Waals surface area contributed by atoms with Crippen LogP contribution < -0.4 is 4.74 Å². The summed E-state index contributed by atoms with van der Waals surface area (Å²) in [4.78, 5) is 18.5. The van der Waals surface area contributed by atoms with Gasteiger partial charge in [0.1, 0.15) is 11.6 Å². The number of methoxy groups -OCH3 is 1. The highest BCUT2D eigenvalue weighted by molar-refractivity contribution is 5.79. The van der Waals surface area contributed by atoms with Crippen molar-refractivity contribution in [1.82, 2.24) is 15.0 Å². The van der Waals surface area contributed by atoms with Gasteiger partial charge in [-0.1, -0.05) is 35.5 Å². The molecule has 1 fully saturated rings. The number of benzene rings is 2. The predicted molar refractivity (Wildman–Crippen MR) is 95.5 cm³/mol. The molecule has 27 heavy (non-hydrogen) atoms. The number of aromatic nitrogens is 2. The van der Waals surface area contributed by atoms with Gasteiger partial charge in [-0.25, -0.2) is 4.39 Å². The molecule has 6 nitrogen and oxygen atoms in total. The van der Waals surface area contributed by atoms with E-state index in [0.29, 0.717) is 25.3 Å². The number of carbonyl (C=O) groups excluding carboxylic acids is 1. The summed E-state index contributed by atoms with van der Waals surface area (Å²) in [6.45, 7) is 0.935. The van der Waals surface area contributed by atoms with E-state index in [4.69, 9.17) is 9.26 Å². The summed E-state index contributed by atoms with van der Waals surface area (Å²) in [5, 5.41) is 3.97. The van der Waals surface area contributed by atoms with Gasteiger partial charge in [0.25, 0.3) is 5.89 Å². The van der Waals surface area contributed by atoms with Gasteiger partial charge in [-0.3, -0.25) is 4.79 Å². The van der Waals surface area contributed by atoms with Gasteiger partial charge in [-0.15, -0.1) is 0 Å². The molecule has 1 aliphatic heterocycles. The van der Waals surface area contributed by atoms with Crippen LogP contribution in [0.4, 0.5) is 4.39 Å². The minimum absolute atomic E-state index is 0.0168. The van der Waals surface area contributed by atoms with Crippen LogP contribution in [0, 0.1) is 5.82 Å². The second-order valence-electron chi connectivity index (χ2n) is 6.42. The van der Waals surface area contributed by atoms with Crippen LogP contribution in [0.25, 0.3) is 11.5 Å². The predicted octanol–water partition coefficient (Wildman–Crippen LogP) is 3.40. The van der Waals surface area contributed by atoms with Crippen LogP contribution in [0.2, 0.25) is 0 Å². The first-order valence-electron chi connectivity index (χ1n) is 8.64. The Morgan fingerprint density at radius 1 is 1.22 bits per heavy atom. The van der Waals surface area contributed by atoms with Gasteiger partial charge in [0.15, 0.2) is 5.82 Å². The maximum absolute atomic E-state index is 13.9. The molecule has 1 amide bonds. The molecule has 7 heteroatoms. The molecule has 0 bridgehead atoms. The fraction of sp³-hybridized carbons (Fsp3) is 0.250. The highest BCUT2D eigenvalue weighted by atomic mass is 19.1. The van der Waals surface area contributed by atoms with Crippen LogP contribution in [0.3, 0.4) is 0 Å². The molecule has 2 heterocycles. The van der Waals surface area contributed by atoms with Crippen molar-refractivity contribution in [2.75, 3.05) is 13.7 Å². The van der Waals surface area contributed by atoms with E-state index in [0.717, 1.165) is 11.3 Å². The number of carbonyl (C=O) groups is 1. The van der Waals surface area contributed by atoms with E-state index >= 15 is 0 Å². The molecule has 1 unspecified atom stereocenters. The van der Waals surface area contributed by atoms with E-state index in [2.05, 4.69) is 10.1 Å². The lowest BCUT2D eigenvalue weighted by atomic mass is 10.1. The fourth-order valence-corrected chi connectivity index (χ4v) is 3.28. The number of hydrogen-bond acceptors (Lipinski definition) is 5. The van der Waals surface area contributed by atoms with Crippen LogP contribution in [-0.2, 0) is 11.3 Å². The second kappa shape index (κ2) is 7.19. The third-order valence-electron chi connectivity index (χ3n) is 4.68. The molecule has 0 radical (unpaired) electrons. The Kier molecular flexibility index (Phi) is 4.58. The summed E-state index contributed by atoms with van der Waals surface area (Å²) < 4.78 is 24.5. The van der Waals surface area contributed by atoms with Gasteiger partial charge in [-0.05, 0) is 18.2 Å². The average Bonchev–Trinajstić information content (AvgIpc) is 3.30. The van der Waals surface area contributed by atoms with Crippen LogP contribution in [-0.4, -0.2) is 34.6 Å². The minimum atomic E-state index is -0.423. The third-order valence-corrected chi connectivity index (χ3v) is 4.68. The maximum Gasteiger partial charge on any atom is 0.260 e. The number of ether oxygens (including phenoxy) is 1.